The van der Waals surface area contributed by atoms with Gasteiger partial charge in [0.2, 0.25) is 10.0 Å². The number of carbonyl (C=O) groups excluding carboxylic acids is 1. The van der Waals surface area contributed by atoms with E-state index in [-0.39, 0.29) is 22.6 Å². The summed E-state index contributed by atoms with van der Waals surface area (Å²) in [6, 6.07) is 18.7. The Kier molecular flexibility index (Phi) is 7.35. The van der Waals surface area contributed by atoms with E-state index in [2.05, 4.69) is 10.2 Å². The molecule has 3 aromatic rings. The van der Waals surface area contributed by atoms with Crippen molar-refractivity contribution in [3.05, 3.63) is 101 Å². The summed E-state index contributed by atoms with van der Waals surface area (Å²) in [7, 11) is -3.78. The molecular formula is C25H25F2N3O3S. The Labute approximate surface area is 197 Å². The van der Waals surface area contributed by atoms with E-state index in [1.807, 2.05) is 30.3 Å². The molecule has 1 aliphatic rings. The summed E-state index contributed by atoms with van der Waals surface area (Å²) in [5.41, 5.74) is 1.31. The molecular weight excluding hydrogens is 460 g/mol. The fourth-order valence-electron chi connectivity index (χ4n) is 3.87. The lowest BCUT2D eigenvalue weighted by Crippen LogP contribution is -2.48. The van der Waals surface area contributed by atoms with Crippen molar-refractivity contribution in [2.45, 2.75) is 18.0 Å². The van der Waals surface area contributed by atoms with E-state index in [0.29, 0.717) is 26.2 Å². The van der Waals surface area contributed by atoms with Gasteiger partial charge in [0.25, 0.3) is 5.91 Å². The zero-order chi connectivity index (χ0) is 24.1. The molecule has 3 aromatic carbocycles. The topological polar surface area (TPSA) is 69.7 Å². The molecule has 1 amide bonds. The first-order chi connectivity index (χ1) is 16.3. The van der Waals surface area contributed by atoms with Crippen molar-refractivity contribution in [3.8, 4) is 0 Å². The Balaban J connectivity index is 1.39. The van der Waals surface area contributed by atoms with Crippen LogP contribution in [0.3, 0.4) is 0 Å². The third-order valence-electron chi connectivity index (χ3n) is 5.76. The zero-order valence-electron chi connectivity index (χ0n) is 18.5. The van der Waals surface area contributed by atoms with Gasteiger partial charge in [-0.3, -0.25) is 9.69 Å². The quantitative estimate of drug-likeness (QED) is 0.557. The van der Waals surface area contributed by atoms with Crippen LogP contribution in [0.4, 0.5) is 8.78 Å². The Bertz CT molecular complexity index is 1260. The molecule has 0 aromatic heterocycles. The average Bonchev–Trinajstić information content (AvgIpc) is 2.85. The molecule has 1 N–H and O–H groups in total. The fourth-order valence-corrected chi connectivity index (χ4v) is 5.34. The van der Waals surface area contributed by atoms with Crippen molar-refractivity contribution in [1.29, 1.82) is 0 Å². The van der Waals surface area contributed by atoms with Crippen LogP contribution in [0.25, 0.3) is 0 Å². The molecule has 0 atom stereocenters. The number of sulfonamides is 1. The van der Waals surface area contributed by atoms with Crippen molar-refractivity contribution in [1.82, 2.24) is 14.5 Å². The predicted octanol–water partition coefficient (Wildman–Crippen LogP) is 3.40. The SMILES string of the molecule is O=C(NCc1cc(F)ccc1F)c1cccc(S(=O)(=O)N2CCN(Cc3ccccc3)CC2)c1. The Morgan fingerprint density at radius 3 is 2.35 bits per heavy atom. The number of carbonyl (C=O) groups is 1. The third kappa shape index (κ3) is 5.67. The summed E-state index contributed by atoms with van der Waals surface area (Å²) >= 11 is 0. The number of rotatable bonds is 7. The lowest BCUT2D eigenvalue weighted by molar-refractivity contribution is 0.0950. The molecule has 1 fully saturated rings. The smallest absolute Gasteiger partial charge is 0.251 e. The van der Waals surface area contributed by atoms with Gasteiger partial charge >= 0.3 is 0 Å². The van der Waals surface area contributed by atoms with Gasteiger partial charge < -0.3 is 5.32 Å². The van der Waals surface area contributed by atoms with Crippen molar-refractivity contribution in [3.63, 3.8) is 0 Å². The number of piperazine rings is 1. The van der Waals surface area contributed by atoms with Crippen LogP contribution < -0.4 is 5.32 Å². The minimum atomic E-state index is -3.78. The summed E-state index contributed by atoms with van der Waals surface area (Å²) in [6.45, 7) is 2.45. The lowest BCUT2D eigenvalue weighted by atomic mass is 10.2. The van der Waals surface area contributed by atoms with Crippen LogP contribution in [0.1, 0.15) is 21.5 Å². The van der Waals surface area contributed by atoms with Gasteiger partial charge in [-0.25, -0.2) is 17.2 Å². The minimum absolute atomic E-state index is 0.00509. The van der Waals surface area contributed by atoms with Gasteiger partial charge in [0.1, 0.15) is 11.6 Å². The molecule has 1 saturated heterocycles. The first-order valence-corrected chi connectivity index (χ1v) is 12.4. The van der Waals surface area contributed by atoms with Gasteiger partial charge in [-0.2, -0.15) is 4.31 Å². The molecule has 178 valence electrons. The number of halogens is 2. The number of nitrogens with one attached hydrogen (secondary N) is 1. The maximum absolute atomic E-state index is 13.8. The van der Waals surface area contributed by atoms with Gasteiger partial charge in [-0.1, -0.05) is 36.4 Å². The maximum atomic E-state index is 13.8. The summed E-state index contributed by atoms with van der Waals surface area (Å²) in [5, 5.41) is 2.51. The van der Waals surface area contributed by atoms with Gasteiger partial charge in [0.15, 0.2) is 0 Å². The van der Waals surface area contributed by atoms with Crippen LogP contribution in [0, 0.1) is 11.6 Å². The van der Waals surface area contributed by atoms with E-state index < -0.39 is 27.6 Å². The van der Waals surface area contributed by atoms with Gasteiger partial charge in [-0.05, 0) is 42.0 Å². The molecule has 9 heteroatoms. The molecule has 0 saturated carbocycles. The van der Waals surface area contributed by atoms with E-state index in [1.54, 1.807) is 0 Å². The van der Waals surface area contributed by atoms with Crippen LogP contribution in [-0.4, -0.2) is 49.7 Å². The highest BCUT2D eigenvalue weighted by Gasteiger charge is 2.29. The molecule has 0 bridgehead atoms. The summed E-state index contributed by atoms with van der Waals surface area (Å²) in [6.07, 6.45) is 0. The Morgan fingerprint density at radius 1 is 0.882 bits per heavy atom. The molecule has 0 spiro atoms. The van der Waals surface area contributed by atoms with Crippen LogP contribution in [0.15, 0.2) is 77.7 Å². The van der Waals surface area contributed by atoms with Crippen molar-refractivity contribution >= 4 is 15.9 Å². The first kappa shape index (κ1) is 24.0. The minimum Gasteiger partial charge on any atom is -0.348 e. The standard InChI is InChI=1S/C25H25F2N3O3S/c26-22-9-10-24(27)21(15-22)17-28-25(31)20-7-4-8-23(16-20)34(32,33)30-13-11-29(12-14-30)18-19-5-2-1-3-6-19/h1-10,15-16H,11-14,17-18H2,(H,28,31). The van der Waals surface area contributed by atoms with Gasteiger partial charge in [0.05, 0.1) is 4.90 Å². The number of benzene rings is 3. The summed E-state index contributed by atoms with van der Waals surface area (Å²) in [4.78, 5) is 14.8. The largest absolute Gasteiger partial charge is 0.348 e. The summed E-state index contributed by atoms with van der Waals surface area (Å²) < 4.78 is 54.9. The molecule has 1 heterocycles. The highest BCUT2D eigenvalue weighted by Crippen LogP contribution is 2.20. The number of nitrogens with zero attached hydrogens (tertiary/aromatic N) is 2. The van der Waals surface area contributed by atoms with Crippen LogP contribution in [0.5, 0.6) is 0 Å². The highest BCUT2D eigenvalue weighted by atomic mass is 32.2. The van der Waals surface area contributed by atoms with E-state index in [1.165, 1.54) is 34.1 Å². The second-order valence-corrected chi connectivity index (χ2v) is 10.1. The number of amides is 1. The second kappa shape index (κ2) is 10.4. The van der Waals surface area contributed by atoms with E-state index in [4.69, 9.17) is 0 Å². The number of hydrogen-bond donors (Lipinski definition) is 1. The molecule has 0 radical (unpaired) electrons. The summed E-state index contributed by atoms with van der Waals surface area (Å²) in [5.74, 6) is -1.82. The number of hydrogen-bond acceptors (Lipinski definition) is 4. The van der Waals surface area contributed by atoms with Crippen molar-refractivity contribution in [2.24, 2.45) is 0 Å². The zero-order valence-corrected chi connectivity index (χ0v) is 19.3. The third-order valence-corrected chi connectivity index (χ3v) is 7.66. The maximum Gasteiger partial charge on any atom is 0.251 e. The van der Waals surface area contributed by atoms with E-state index in [9.17, 15) is 22.0 Å². The van der Waals surface area contributed by atoms with Gasteiger partial charge in [0, 0.05) is 50.4 Å². The van der Waals surface area contributed by atoms with Crippen LogP contribution in [0.2, 0.25) is 0 Å². The first-order valence-electron chi connectivity index (χ1n) is 10.9. The highest BCUT2D eigenvalue weighted by molar-refractivity contribution is 7.89. The monoisotopic (exact) mass is 485 g/mol. The predicted molar refractivity (Wildman–Crippen MR) is 124 cm³/mol. The average molecular weight is 486 g/mol. The molecule has 4 rings (SSSR count). The fraction of sp³-hybridized carbons (Fsp3) is 0.240. The normalized spacial score (nSPS) is 15.2. The molecule has 1 aliphatic heterocycles. The van der Waals surface area contributed by atoms with E-state index in [0.717, 1.165) is 24.7 Å². The van der Waals surface area contributed by atoms with Gasteiger partial charge in [-0.15, -0.1) is 0 Å². The van der Waals surface area contributed by atoms with Crippen molar-refractivity contribution in [2.75, 3.05) is 26.2 Å². The second-order valence-electron chi connectivity index (χ2n) is 8.11. The van der Waals surface area contributed by atoms with Crippen LogP contribution >= 0.6 is 0 Å². The van der Waals surface area contributed by atoms with Crippen LogP contribution in [-0.2, 0) is 23.1 Å². The Morgan fingerprint density at radius 2 is 1.62 bits per heavy atom. The molecule has 6 nitrogen and oxygen atoms in total. The van der Waals surface area contributed by atoms with Crippen molar-refractivity contribution < 1.29 is 22.0 Å². The Hall–Kier alpha value is -3.14. The molecule has 0 aliphatic carbocycles. The van der Waals surface area contributed by atoms with E-state index >= 15 is 0 Å². The lowest BCUT2D eigenvalue weighted by Gasteiger charge is -2.34. The molecule has 0 unspecified atom stereocenters. The molecule has 34 heavy (non-hydrogen) atoms.